The molecule has 0 bridgehead atoms. The Balaban J connectivity index is 1.41. The highest BCUT2D eigenvalue weighted by molar-refractivity contribution is 5.97. The largest absolute Gasteiger partial charge is 0.508 e. The van der Waals surface area contributed by atoms with Crippen LogP contribution in [0.2, 0.25) is 0 Å². The van der Waals surface area contributed by atoms with E-state index in [0.29, 0.717) is 19.5 Å². The lowest BCUT2D eigenvalue weighted by molar-refractivity contribution is -0.153. The second-order valence-electron chi connectivity index (χ2n) is 7.70. The average molecular weight is 379 g/mol. The van der Waals surface area contributed by atoms with Crippen LogP contribution in [0.15, 0.2) is 48.5 Å². The summed E-state index contributed by atoms with van der Waals surface area (Å²) in [5.41, 5.74) is 3.35. The highest BCUT2D eigenvalue weighted by Crippen LogP contribution is 2.20. The first kappa shape index (κ1) is 18.5. The molecule has 2 aliphatic heterocycles. The number of hydrogen-bond acceptors (Lipinski definition) is 4. The van der Waals surface area contributed by atoms with E-state index >= 15 is 0 Å². The van der Waals surface area contributed by atoms with Gasteiger partial charge in [0.05, 0.1) is 0 Å². The van der Waals surface area contributed by atoms with Crippen LogP contribution < -0.4 is 5.32 Å². The minimum Gasteiger partial charge on any atom is -0.508 e. The van der Waals surface area contributed by atoms with Crippen molar-refractivity contribution >= 4 is 11.8 Å². The predicted octanol–water partition coefficient (Wildman–Crippen LogP) is 1.45. The van der Waals surface area contributed by atoms with Gasteiger partial charge in [0.15, 0.2) is 0 Å². The summed E-state index contributed by atoms with van der Waals surface area (Å²) in [7, 11) is 0. The Morgan fingerprint density at radius 3 is 2.39 bits per heavy atom. The number of aryl methyl sites for hydroxylation is 1. The Bertz CT molecular complexity index is 864. The van der Waals surface area contributed by atoms with Crippen molar-refractivity contribution in [3.63, 3.8) is 0 Å². The maximum absolute atomic E-state index is 12.9. The molecule has 0 aromatic heterocycles. The van der Waals surface area contributed by atoms with E-state index in [-0.39, 0.29) is 17.6 Å². The fraction of sp³-hybridized carbons (Fsp3) is 0.364. The van der Waals surface area contributed by atoms with Gasteiger partial charge in [-0.05, 0) is 30.2 Å². The third-order valence-corrected chi connectivity index (χ3v) is 5.57. The van der Waals surface area contributed by atoms with Gasteiger partial charge in [-0.1, -0.05) is 42.0 Å². The molecule has 0 aliphatic carbocycles. The van der Waals surface area contributed by atoms with Gasteiger partial charge in [0, 0.05) is 32.6 Å². The zero-order valence-corrected chi connectivity index (χ0v) is 16.0. The number of carbonyl (C=O) groups excluding carboxylic acids is 2. The van der Waals surface area contributed by atoms with Crippen LogP contribution in [0.5, 0.6) is 5.75 Å². The first-order chi connectivity index (χ1) is 13.5. The minimum atomic E-state index is -0.544. The summed E-state index contributed by atoms with van der Waals surface area (Å²) in [4.78, 5) is 29.6. The smallest absolute Gasteiger partial charge is 0.246 e. The third-order valence-electron chi connectivity index (χ3n) is 5.57. The molecule has 2 aromatic carbocycles. The highest BCUT2D eigenvalue weighted by atomic mass is 16.3. The van der Waals surface area contributed by atoms with E-state index < -0.39 is 12.1 Å². The highest BCUT2D eigenvalue weighted by Gasteiger charge is 2.43. The first-order valence-corrected chi connectivity index (χ1v) is 9.66. The van der Waals surface area contributed by atoms with Crippen LogP contribution in [0.4, 0.5) is 0 Å². The van der Waals surface area contributed by atoms with Gasteiger partial charge in [-0.3, -0.25) is 14.5 Å². The van der Waals surface area contributed by atoms with E-state index in [0.717, 1.165) is 18.7 Å². The second kappa shape index (κ2) is 7.64. The Morgan fingerprint density at radius 2 is 1.68 bits per heavy atom. The van der Waals surface area contributed by atoms with Crippen molar-refractivity contribution in [2.45, 2.75) is 32.0 Å². The molecule has 2 amide bonds. The lowest BCUT2D eigenvalue weighted by Crippen LogP contribution is -2.69. The van der Waals surface area contributed by atoms with Crippen molar-refractivity contribution in [1.82, 2.24) is 15.1 Å². The number of phenolic OH excluding ortho intramolecular Hbond substituents is 1. The topological polar surface area (TPSA) is 72.9 Å². The predicted molar refractivity (Wildman–Crippen MR) is 106 cm³/mol. The molecule has 146 valence electrons. The number of fused-ring (bicyclic) bond motifs is 1. The number of rotatable bonds is 4. The average Bonchev–Trinajstić information content (AvgIpc) is 2.69. The van der Waals surface area contributed by atoms with Crippen LogP contribution in [-0.4, -0.2) is 58.4 Å². The number of benzene rings is 2. The standard InChI is InChI=1S/C22H25N3O3/c1-15-2-4-17(5-3-15)13-24-10-11-25-20(14-24)21(27)23-19(22(25)28)12-16-6-8-18(26)9-7-16/h2-9,19-20,26H,10-14H2,1H3,(H,23,27)/t19-,20-/m1/s1. The van der Waals surface area contributed by atoms with Gasteiger partial charge < -0.3 is 15.3 Å². The van der Waals surface area contributed by atoms with E-state index in [4.69, 9.17) is 0 Å². The summed E-state index contributed by atoms with van der Waals surface area (Å²) in [6.07, 6.45) is 0.432. The Morgan fingerprint density at radius 1 is 1.00 bits per heavy atom. The van der Waals surface area contributed by atoms with E-state index in [2.05, 4.69) is 41.4 Å². The van der Waals surface area contributed by atoms with Crippen LogP contribution in [0.1, 0.15) is 16.7 Å². The molecule has 2 aromatic rings. The fourth-order valence-electron chi connectivity index (χ4n) is 3.96. The Hall–Kier alpha value is -2.86. The van der Waals surface area contributed by atoms with Crippen LogP contribution in [0.3, 0.4) is 0 Å². The molecule has 2 atom stereocenters. The van der Waals surface area contributed by atoms with E-state index in [9.17, 15) is 14.7 Å². The number of amides is 2. The van der Waals surface area contributed by atoms with Crippen LogP contribution >= 0.6 is 0 Å². The summed E-state index contributed by atoms with van der Waals surface area (Å²) >= 11 is 0. The summed E-state index contributed by atoms with van der Waals surface area (Å²) in [5, 5.41) is 12.3. The quantitative estimate of drug-likeness (QED) is 0.844. The van der Waals surface area contributed by atoms with Gasteiger partial charge in [0.1, 0.15) is 17.8 Å². The van der Waals surface area contributed by atoms with E-state index in [1.54, 1.807) is 29.2 Å². The maximum atomic E-state index is 12.9. The van der Waals surface area contributed by atoms with Crippen LogP contribution in [0, 0.1) is 6.92 Å². The van der Waals surface area contributed by atoms with Crippen molar-refractivity contribution in [2.75, 3.05) is 19.6 Å². The van der Waals surface area contributed by atoms with Crippen molar-refractivity contribution in [3.8, 4) is 5.75 Å². The first-order valence-electron chi connectivity index (χ1n) is 9.66. The van der Waals surface area contributed by atoms with Gasteiger partial charge in [-0.15, -0.1) is 0 Å². The molecule has 6 heteroatoms. The Kier molecular flexibility index (Phi) is 5.05. The normalized spacial score (nSPS) is 22.7. The molecule has 2 N–H and O–H groups in total. The number of piperazine rings is 2. The number of hydrogen-bond donors (Lipinski definition) is 2. The molecule has 4 rings (SSSR count). The number of phenols is 1. The molecular weight excluding hydrogens is 354 g/mol. The van der Waals surface area contributed by atoms with Crippen molar-refractivity contribution in [3.05, 3.63) is 65.2 Å². The van der Waals surface area contributed by atoms with E-state index in [1.807, 2.05) is 0 Å². The minimum absolute atomic E-state index is 0.0207. The molecular formula is C22H25N3O3. The number of carbonyl (C=O) groups is 2. The molecule has 2 fully saturated rings. The zero-order chi connectivity index (χ0) is 19.7. The SMILES string of the molecule is Cc1ccc(CN2CCN3C(=O)[C@@H](Cc4ccc(O)cc4)NC(=O)[C@H]3C2)cc1. The van der Waals surface area contributed by atoms with Gasteiger partial charge in [0.25, 0.3) is 0 Å². The molecule has 6 nitrogen and oxygen atoms in total. The summed E-state index contributed by atoms with van der Waals surface area (Å²) < 4.78 is 0. The molecule has 0 saturated carbocycles. The molecule has 2 heterocycles. The number of nitrogens with one attached hydrogen (secondary N) is 1. The summed E-state index contributed by atoms with van der Waals surface area (Å²) in [6, 6.07) is 14.2. The van der Waals surface area contributed by atoms with Gasteiger partial charge in [-0.25, -0.2) is 0 Å². The number of nitrogens with zero attached hydrogens (tertiary/aromatic N) is 2. The molecule has 28 heavy (non-hydrogen) atoms. The lowest BCUT2D eigenvalue weighted by Gasteiger charge is -2.45. The van der Waals surface area contributed by atoms with E-state index in [1.165, 1.54) is 11.1 Å². The maximum Gasteiger partial charge on any atom is 0.246 e. The summed E-state index contributed by atoms with van der Waals surface area (Å²) in [6.45, 7) is 4.72. The van der Waals surface area contributed by atoms with Gasteiger partial charge in [-0.2, -0.15) is 0 Å². The van der Waals surface area contributed by atoms with Crippen molar-refractivity contribution in [2.24, 2.45) is 0 Å². The third kappa shape index (κ3) is 3.87. The van der Waals surface area contributed by atoms with Gasteiger partial charge in [0.2, 0.25) is 11.8 Å². The number of aromatic hydroxyl groups is 1. The van der Waals surface area contributed by atoms with Crippen LogP contribution in [0.25, 0.3) is 0 Å². The monoisotopic (exact) mass is 379 g/mol. The molecule has 0 radical (unpaired) electrons. The van der Waals surface area contributed by atoms with Crippen molar-refractivity contribution < 1.29 is 14.7 Å². The molecule has 2 saturated heterocycles. The fourth-order valence-corrected chi connectivity index (χ4v) is 3.96. The molecule has 2 aliphatic rings. The van der Waals surface area contributed by atoms with Crippen molar-refractivity contribution in [1.29, 1.82) is 0 Å². The van der Waals surface area contributed by atoms with Gasteiger partial charge >= 0.3 is 0 Å². The Labute approximate surface area is 164 Å². The molecule has 0 unspecified atom stereocenters. The second-order valence-corrected chi connectivity index (χ2v) is 7.70. The summed E-state index contributed by atoms with van der Waals surface area (Å²) in [5.74, 6) is 0.0807. The molecule has 0 spiro atoms. The van der Waals surface area contributed by atoms with Crippen LogP contribution in [-0.2, 0) is 22.6 Å². The zero-order valence-electron chi connectivity index (χ0n) is 16.0. The lowest BCUT2D eigenvalue weighted by atomic mass is 9.98.